The van der Waals surface area contributed by atoms with Gasteiger partial charge in [0.05, 0.1) is 12.7 Å². The summed E-state index contributed by atoms with van der Waals surface area (Å²) in [7, 11) is 1.58. The van der Waals surface area contributed by atoms with Gasteiger partial charge in [0.2, 0.25) is 0 Å². The van der Waals surface area contributed by atoms with Crippen LogP contribution in [0.25, 0.3) is 11.1 Å². The Bertz CT molecular complexity index is 633. The molecule has 1 saturated carbocycles. The second-order valence-corrected chi connectivity index (χ2v) is 5.27. The van der Waals surface area contributed by atoms with Crippen LogP contribution in [0, 0.1) is 11.6 Å². The zero-order chi connectivity index (χ0) is 14.8. The summed E-state index contributed by atoms with van der Waals surface area (Å²) in [5.41, 5.74) is 1.43. The molecule has 3 rings (SSSR count). The predicted molar refractivity (Wildman–Crippen MR) is 78.2 cm³/mol. The highest BCUT2D eigenvalue weighted by molar-refractivity contribution is 5.69. The van der Waals surface area contributed by atoms with Crippen LogP contribution in [0.15, 0.2) is 36.4 Å². The normalized spacial score (nSPS) is 14.2. The first-order valence-corrected chi connectivity index (χ1v) is 7.03. The molecule has 0 bridgehead atoms. The third-order valence-electron chi connectivity index (χ3n) is 3.70. The van der Waals surface area contributed by atoms with Crippen LogP contribution in [0.3, 0.4) is 0 Å². The summed E-state index contributed by atoms with van der Waals surface area (Å²) in [6.07, 6.45) is 2.32. The summed E-state index contributed by atoms with van der Waals surface area (Å²) in [6, 6.07) is 9.72. The van der Waals surface area contributed by atoms with E-state index in [9.17, 15) is 8.78 Å². The summed E-state index contributed by atoms with van der Waals surface area (Å²) < 4.78 is 33.2. The zero-order valence-corrected chi connectivity index (χ0v) is 11.8. The molecule has 2 aromatic rings. The smallest absolute Gasteiger partial charge is 0.133 e. The molecule has 0 radical (unpaired) electrons. The second-order valence-electron chi connectivity index (χ2n) is 5.27. The van der Waals surface area contributed by atoms with Crippen molar-refractivity contribution >= 4 is 0 Å². The van der Waals surface area contributed by atoms with Gasteiger partial charge in [-0.25, -0.2) is 8.78 Å². The van der Waals surface area contributed by atoms with Crippen LogP contribution >= 0.6 is 0 Å². The van der Waals surface area contributed by atoms with Gasteiger partial charge in [0.15, 0.2) is 0 Å². The molecular weight excluding hydrogens is 272 g/mol. The van der Waals surface area contributed by atoms with Gasteiger partial charge in [-0.1, -0.05) is 12.1 Å². The average Bonchev–Trinajstić information content (AvgIpc) is 3.30. The summed E-state index contributed by atoms with van der Waals surface area (Å²) >= 11 is 0. The van der Waals surface area contributed by atoms with Crippen LogP contribution in [0.5, 0.6) is 5.75 Å². The Morgan fingerprint density at radius 2 is 1.86 bits per heavy atom. The Labute approximate surface area is 122 Å². The Morgan fingerprint density at radius 3 is 2.48 bits per heavy atom. The third-order valence-corrected chi connectivity index (χ3v) is 3.70. The molecule has 0 heterocycles. The Kier molecular flexibility index (Phi) is 3.88. The fourth-order valence-corrected chi connectivity index (χ4v) is 2.38. The highest BCUT2D eigenvalue weighted by Gasteiger charge is 2.21. The number of nitrogens with one attached hydrogen (secondary N) is 1. The minimum Gasteiger partial charge on any atom is -0.497 e. The van der Waals surface area contributed by atoms with Crippen molar-refractivity contribution in [2.45, 2.75) is 25.4 Å². The van der Waals surface area contributed by atoms with Gasteiger partial charge < -0.3 is 10.1 Å². The average molecular weight is 289 g/mol. The van der Waals surface area contributed by atoms with Gasteiger partial charge in [-0.2, -0.15) is 0 Å². The molecule has 0 saturated heterocycles. The van der Waals surface area contributed by atoms with E-state index in [0.717, 1.165) is 18.4 Å². The molecule has 110 valence electrons. The summed E-state index contributed by atoms with van der Waals surface area (Å²) in [5, 5.41) is 3.37. The number of methoxy groups -OCH3 is 1. The van der Waals surface area contributed by atoms with Crippen LogP contribution < -0.4 is 10.1 Å². The quantitative estimate of drug-likeness (QED) is 0.901. The number of hydrogen-bond acceptors (Lipinski definition) is 2. The van der Waals surface area contributed by atoms with E-state index in [1.54, 1.807) is 19.2 Å². The van der Waals surface area contributed by atoms with Crippen molar-refractivity contribution in [3.05, 3.63) is 53.6 Å². The molecule has 0 spiro atoms. The van der Waals surface area contributed by atoms with E-state index in [-0.39, 0.29) is 5.56 Å². The highest BCUT2D eigenvalue weighted by Crippen LogP contribution is 2.32. The van der Waals surface area contributed by atoms with Crippen molar-refractivity contribution in [3.63, 3.8) is 0 Å². The van der Waals surface area contributed by atoms with E-state index in [4.69, 9.17) is 4.74 Å². The van der Waals surface area contributed by atoms with Gasteiger partial charge in [-0.15, -0.1) is 0 Å². The number of hydrogen-bond donors (Lipinski definition) is 1. The molecule has 0 aliphatic heterocycles. The lowest BCUT2D eigenvalue weighted by molar-refractivity contribution is 0.414. The Balaban J connectivity index is 2.02. The van der Waals surface area contributed by atoms with Crippen LogP contribution in [0.1, 0.15) is 18.4 Å². The van der Waals surface area contributed by atoms with Crippen molar-refractivity contribution in [1.29, 1.82) is 0 Å². The van der Waals surface area contributed by atoms with Crippen LogP contribution in [0.2, 0.25) is 0 Å². The largest absolute Gasteiger partial charge is 0.497 e. The second kappa shape index (κ2) is 5.82. The first-order valence-electron chi connectivity index (χ1n) is 7.03. The van der Waals surface area contributed by atoms with Gasteiger partial charge in [-0.3, -0.25) is 0 Å². The van der Waals surface area contributed by atoms with E-state index < -0.39 is 11.6 Å². The molecule has 0 aromatic heterocycles. The Hall–Kier alpha value is -1.94. The molecule has 21 heavy (non-hydrogen) atoms. The van der Waals surface area contributed by atoms with Crippen molar-refractivity contribution in [2.24, 2.45) is 0 Å². The topological polar surface area (TPSA) is 21.3 Å². The molecule has 1 N–H and O–H groups in total. The maximum atomic E-state index is 14.0. The van der Waals surface area contributed by atoms with Crippen LogP contribution in [-0.4, -0.2) is 13.2 Å². The van der Waals surface area contributed by atoms with Crippen molar-refractivity contribution < 1.29 is 13.5 Å². The van der Waals surface area contributed by atoms with Crippen LogP contribution in [-0.2, 0) is 6.54 Å². The summed E-state index contributed by atoms with van der Waals surface area (Å²) in [5.74, 6) is -0.413. The van der Waals surface area contributed by atoms with Crippen molar-refractivity contribution in [3.8, 4) is 16.9 Å². The monoisotopic (exact) mass is 289 g/mol. The number of halogens is 2. The lowest BCUT2D eigenvalue weighted by Gasteiger charge is -2.14. The van der Waals surface area contributed by atoms with Gasteiger partial charge >= 0.3 is 0 Å². The molecular formula is C17H17F2NO. The molecule has 1 fully saturated rings. The minimum atomic E-state index is -0.548. The first kappa shape index (κ1) is 14.0. The van der Waals surface area contributed by atoms with Gasteiger partial charge in [0, 0.05) is 12.6 Å². The van der Waals surface area contributed by atoms with Crippen molar-refractivity contribution in [1.82, 2.24) is 5.32 Å². The molecule has 0 unspecified atom stereocenters. The molecule has 0 atom stereocenters. The summed E-state index contributed by atoms with van der Waals surface area (Å²) in [6.45, 7) is 0.574. The molecule has 2 aromatic carbocycles. The standard InChI is InChI=1S/C17H17F2NO/c1-21-13-7-8-14(11(9-13)10-20-12-5-6-12)17-15(18)3-2-4-16(17)19/h2-4,7-9,12,20H,5-6,10H2,1H3. The van der Waals surface area contributed by atoms with Crippen molar-refractivity contribution in [2.75, 3.05) is 7.11 Å². The number of rotatable bonds is 5. The number of ether oxygens (including phenoxy) is 1. The van der Waals surface area contributed by atoms with Crippen LogP contribution in [0.4, 0.5) is 8.78 Å². The zero-order valence-electron chi connectivity index (χ0n) is 11.8. The molecule has 2 nitrogen and oxygen atoms in total. The predicted octanol–water partition coefficient (Wildman–Crippen LogP) is 3.89. The minimum absolute atomic E-state index is 0.0211. The van der Waals surface area contributed by atoms with E-state index in [0.29, 0.717) is 23.9 Å². The molecule has 1 aliphatic rings. The van der Waals surface area contributed by atoms with Gasteiger partial charge in [0.1, 0.15) is 17.4 Å². The summed E-state index contributed by atoms with van der Waals surface area (Å²) in [4.78, 5) is 0. The fourth-order valence-electron chi connectivity index (χ4n) is 2.38. The lowest BCUT2D eigenvalue weighted by Crippen LogP contribution is -2.16. The Morgan fingerprint density at radius 1 is 1.14 bits per heavy atom. The van der Waals surface area contributed by atoms with E-state index in [1.165, 1.54) is 18.2 Å². The van der Waals surface area contributed by atoms with E-state index in [2.05, 4.69) is 5.32 Å². The van der Waals surface area contributed by atoms with E-state index >= 15 is 0 Å². The van der Waals surface area contributed by atoms with Gasteiger partial charge in [0.25, 0.3) is 0 Å². The first-order chi connectivity index (χ1) is 10.2. The fraction of sp³-hybridized carbons (Fsp3) is 0.294. The highest BCUT2D eigenvalue weighted by atomic mass is 19.1. The molecule has 1 aliphatic carbocycles. The van der Waals surface area contributed by atoms with E-state index in [1.807, 2.05) is 6.07 Å². The number of benzene rings is 2. The molecule has 4 heteroatoms. The maximum absolute atomic E-state index is 14.0. The lowest BCUT2D eigenvalue weighted by atomic mass is 9.98. The third kappa shape index (κ3) is 3.05. The molecule has 0 amide bonds. The maximum Gasteiger partial charge on any atom is 0.133 e. The van der Waals surface area contributed by atoms with Gasteiger partial charge in [-0.05, 0) is 48.2 Å². The SMILES string of the molecule is COc1ccc(-c2c(F)cccc2F)c(CNC2CC2)c1.